The van der Waals surface area contributed by atoms with Gasteiger partial charge in [-0.1, -0.05) is 24.3 Å². The number of likely N-dealkylation sites (N-methyl/N-ethyl adjacent to an activating group) is 1. The molecule has 1 aliphatic carbocycles. The number of ether oxygens (including phenoxy) is 2. The van der Waals surface area contributed by atoms with Crippen LogP contribution in [0.3, 0.4) is 0 Å². The molecular formula is C28H44N2O28P6S. The molecule has 12 N–H and O–H groups in total. The molecule has 0 spiro atoms. The molecule has 37 heteroatoms. The maximum absolute atomic E-state index is 13.6. The highest BCUT2D eigenvalue weighted by molar-refractivity contribution is 7.99. The number of nitrogens with zero attached hydrogens (tertiary/aromatic N) is 2. The Bertz CT molecular complexity index is 2030. The molecule has 4 rings (SSSR count). The van der Waals surface area contributed by atoms with Crippen molar-refractivity contribution in [3.05, 3.63) is 54.1 Å². The van der Waals surface area contributed by atoms with E-state index in [4.69, 9.17) is 68.2 Å². The predicted molar refractivity (Wildman–Crippen MR) is 216 cm³/mol. The van der Waals surface area contributed by atoms with Gasteiger partial charge < -0.3 is 78.0 Å². The molecule has 2 aromatic carbocycles. The zero-order valence-corrected chi connectivity index (χ0v) is 39.7. The van der Waals surface area contributed by atoms with E-state index in [1.54, 1.807) is 23.8 Å². The molecule has 1 fully saturated rings. The van der Waals surface area contributed by atoms with E-state index in [9.17, 15) is 37.0 Å². The second-order valence-corrected chi connectivity index (χ2v) is 21.8. The number of fused-ring (bicyclic) bond motifs is 1. The number of hydrogen-bond acceptors (Lipinski definition) is 18. The molecule has 1 amide bonds. The highest BCUT2D eigenvalue weighted by atomic mass is 32.2. The summed E-state index contributed by atoms with van der Waals surface area (Å²) in [6, 6.07) is 15.4. The number of para-hydroxylation sites is 1. The van der Waals surface area contributed by atoms with Crippen LogP contribution in [0.5, 0.6) is 5.75 Å². The first-order chi connectivity index (χ1) is 29.5. The monoisotopic (exact) mass is 1070 g/mol. The topological polar surface area (TPSA) is 460 Å². The molecule has 2 aliphatic rings. The van der Waals surface area contributed by atoms with Crippen molar-refractivity contribution >= 4 is 76.3 Å². The van der Waals surface area contributed by atoms with E-state index in [-0.39, 0.29) is 11.2 Å². The summed E-state index contributed by atoms with van der Waals surface area (Å²) in [6.07, 6.45) is -19.8. The Morgan fingerprint density at radius 2 is 0.969 bits per heavy atom. The number of rotatable bonds is 18. The minimum Gasteiger partial charge on any atom is -0.497 e. The molecule has 1 saturated carbocycles. The lowest BCUT2D eigenvalue weighted by molar-refractivity contribution is -0.202. The van der Waals surface area contributed by atoms with Crippen LogP contribution in [0.25, 0.3) is 0 Å². The summed E-state index contributed by atoms with van der Waals surface area (Å²) in [7, 11) is -30.6. The molecule has 370 valence electrons. The number of methoxy groups -OCH3 is 1. The van der Waals surface area contributed by atoms with E-state index in [1.807, 2.05) is 67.5 Å². The van der Waals surface area contributed by atoms with Gasteiger partial charge in [-0.05, 0) is 43.9 Å². The first-order valence-electron chi connectivity index (χ1n) is 17.4. The summed E-state index contributed by atoms with van der Waals surface area (Å²) >= 11 is 1.54. The highest BCUT2D eigenvalue weighted by Gasteiger charge is 2.62. The van der Waals surface area contributed by atoms with Crippen molar-refractivity contribution in [3.63, 3.8) is 0 Å². The van der Waals surface area contributed by atoms with Gasteiger partial charge in [-0.25, -0.2) is 27.4 Å². The second kappa shape index (κ2) is 22.7. The fraction of sp³-hybridized carbons (Fsp3) is 0.500. The molecule has 0 unspecified atom stereocenters. The van der Waals surface area contributed by atoms with Crippen molar-refractivity contribution in [3.8, 4) is 5.75 Å². The van der Waals surface area contributed by atoms with Crippen LogP contribution in [0.2, 0.25) is 0 Å². The Labute approximate surface area is 371 Å². The third kappa shape index (κ3) is 19.2. The number of thioether (sulfide) groups is 1. The number of hydrogen-bond donors (Lipinski definition) is 12. The zero-order chi connectivity index (χ0) is 49.7. The first kappa shape index (κ1) is 57.5. The van der Waals surface area contributed by atoms with E-state index >= 15 is 0 Å². The lowest BCUT2D eigenvalue weighted by atomic mass is 9.85. The van der Waals surface area contributed by atoms with Crippen LogP contribution < -0.4 is 9.64 Å². The third-order valence-electron chi connectivity index (χ3n) is 8.20. The molecule has 1 aliphatic heterocycles. The van der Waals surface area contributed by atoms with Crippen molar-refractivity contribution in [2.45, 2.75) is 59.8 Å². The lowest BCUT2D eigenvalue weighted by Gasteiger charge is -2.48. The van der Waals surface area contributed by atoms with Gasteiger partial charge in [0, 0.05) is 24.9 Å². The van der Waals surface area contributed by atoms with E-state index in [0.717, 1.165) is 21.9 Å². The van der Waals surface area contributed by atoms with Gasteiger partial charge in [-0.15, -0.1) is 11.8 Å². The van der Waals surface area contributed by atoms with Crippen LogP contribution >= 0.6 is 58.7 Å². The molecule has 2 atom stereocenters. The van der Waals surface area contributed by atoms with Gasteiger partial charge in [-0.2, -0.15) is 0 Å². The van der Waals surface area contributed by atoms with Crippen LogP contribution in [0.4, 0.5) is 5.69 Å². The number of carbonyl (C=O) groups is 2. The summed E-state index contributed by atoms with van der Waals surface area (Å²) < 4.78 is 104. The van der Waals surface area contributed by atoms with Gasteiger partial charge in [0.2, 0.25) is 0 Å². The molecule has 0 bridgehead atoms. The van der Waals surface area contributed by atoms with Crippen LogP contribution in [-0.2, 0) is 68.9 Å². The van der Waals surface area contributed by atoms with Crippen molar-refractivity contribution in [2.24, 2.45) is 0 Å². The summed E-state index contributed by atoms with van der Waals surface area (Å²) in [5.74, 6) is 0.0528. The third-order valence-corrected chi connectivity index (χ3v) is 12.7. The SMILES string of the molecule is COc1ccc([C@@H]2Sc3ccccc3N(CCN(C)C)C(=O)[C@@H]2OC(C)=O)cc1.O=P(O)(O)O[C@H]1[C@H](OP(=O)(O)O)[C@@H](OP(=O)(O)O)[C@H](OP(=O)(O)O)[C@@H](OP(=O)(O)O)[C@H]1OP(=O)(O)O. The normalized spacial score (nSPS) is 24.7. The summed E-state index contributed by atoms with van der Waals surface area (Å²) in [5.41, 5.74) is 1.75. The number of anilines is 1. The van der Waals surface area contributed by atoms with E-state index in [2.05, 4.69) is 27.1 Å². The standard InChI is InChI=1S/C22H26N2O4S.C6H18O24P6/c1-15(25)28-20-21(16-9-11-17(27-4)12-10-16)29-19-8-6-5-7-18(19)24(22(20)26)14-13-23(2)3;7-31(8,9)25-1-2(26-32(10,11)12)4(28-34(16,17)18)6(30-36(22,23)24)5(29-35(19,20)21)3(1)27-33(13,14)15/h5-12,20-21H,13-14H2,1-4H3;1-6H,(H2,7,8,9)(H2,10,11,12)(H2,13,14,15)(H2,16,17,18)(H2,19,20,21)(H2,22,23,24)/t20-,21+;1-,2-,3-,4+,5-,6-/m1./s1. The fourth-order valence-corrected chi connectivity index (χ4v) is 10.7. The average Bonchev–Trinajstić information content (AvgIpc) is 3.22. The van der Waals surface area contributed by atoms with Gasteiger partial charge >= 0.3 is 52.9 Å². The Kier molecular flexibility index (Phi) is 20.1. The molecular weight excluding hydrogens is 1030 g/mol. The number of phosphoric acid groups is 6. The van der Waals surface area contributed by atoms with Crippen molar-refractivity contribution in [2.75, 3.05) is 39.2 Å². The van der Waals surface area contributed by atoms with E-state index in [1.165, 1.54) is 6.92 Å². The lowest BCUT2D eigenvalue weighted by Crippen LogP contribution is -2.66. The first-order valence-corrected chi connectivity index (χ1v) is 27.5. The van der Waals surface area contributed by atoms with Gasteiger partial charge in [0.25, 0.3) is 5.91 Å². The van der Waals surface area contributed by atoms with E-state index < -0.39 is 95.6 Å². The predicted octanol–water partition coefficient (Wildman–Crippen LogP) is 0.236. The Morgan fingerprint density at radius 1 is 0.615 bits per heavy atom. The summed E-state index contributed by atoms with van der Waals surface area (Å²) in [6.45, 7) is 2.55. The number of amides is 1. The van der Waals surface area contributed by atoms with Crippen molar-refractivity contribution in [1.82, 2.24) is 4.90 Å². The smallest absolute Gasteiger partial charge is 0.470 e. The minimum absolute atomic E-state index is 0.208. The molecule has 30 nitrogen and oxygen atoms in total. The van der Waals surface area contributed by atoms with Crippen LogP contribution in [0.1, 0.15) is 17.7 Å². The number of benzene rings is 2. The summed E-state index contributed by atoms with van der Waals surface area (Å²) in [5, 5.41) is -0.359. The number of carbonyl (C=O) groups excluding carboxylic acids is 2. The summed E-state index contributed by atoms with van der Waals surface area (Å²) in [4.78, 5) is 140. The number of esters is 1. The largest absolute Gasteiger partial charge is 0.497 e. The maximum atomic E-state index is 13.6. The van der Waals surface area contributed by atoms with Crippen LogP contribution in [0.15, 0.2) is 53.4 Å². The molecule has 2 aromatic rings. The highest BCUT2D eigenvalue weighted by Crippen LogP contribution is 2.57. The molecule has 1 heterocycles. The zero-order valence-electron chi connectivity index (χ0n) is 33.5. The Hall–Kier alpha value is -1.85. The van der Waals surface area contributed by atoms with Gasteiger partial charge in [0.05, 0.1) is 18.0 Å². The maximum Gasteiger partial charge on any atom is 0.470 e. The minimum atomic E-state index is -6.02. The van der Waals surface area contributed by atoms with Crippen molar-refractivity contribution < 1.29 is 132 Å². The van der Waals surface area contributed by atoms with Gasteiger partial charge in [0.1, 0.15) is 42.4 Å². The Balaban J connectivity index is 0.000000352. The molecule has 0 saturated heterocycles. The molecule has 0 radical (unpaired) electrons. The fourth-order valence-electron chi connectivity index (χ4n) is 6.03. The molecule has 0 aromatic heterocycles. The quantitative estimate of drug-likeness (QED) is 0.0702. The Morgan fingerprint density at radius 3 is 1.28 bits per heavy atom. The average molecular weight is 1070 g/mol. The van der Waals surface area contributed by atoms with Crippen molar-refractivity contribution in [1.29, 1.82) is 0 Å². The second-order valence-electron chi connectivity index (χ2n) is 13.5. The van der Waals surface area contributed by atoms with Gasteiger partial charge in [-0.3, -0.25) is 36.7 Å². The van der Waals surface area contributed by atoms with Gasteiger partial charge in [0.15, 0.2) is 6.10 Å². The van der Waals surface area contributed by atoms with Crippen LogP contribution in [-0.4, -0.2) is 153 Å². The van der Waals surface area contributed by atoms with E-state index in [0.29, 0.717) is 13.1 Å². The molecule has 65 heavy (non-hydrogen) atoms. The number of phosphoric ester groups is 6. The van der Waals surface area contributed by atoms with Crippen LogP contribution in [0, 0.1) is 0 Å².